The summed E-state index contributed by atoms with van der Waals surface area (Å²) in [7, 11) is 0. The molecule has 0 amide bonds. The molecule has 0 spiro atoms. The summed E-state index contributed by atoms with van der Waals surface area (Å²) >= 11 is 1.46. The van der Waals surface area contributed by atoms with Crippen molar-refractivity contribution in [3.05, 3.63) is 17.6 Å². The molecule has 2 heteroatoms. The zero-order valence-corrected chi connectivity index (χ0v) is 10.6. The molecule has 0 aliphatic heterocycles. The van der Waals surface area contributed by atoms with E-state index in [-0.39, 0.29) is 0 Å². The summed E-state index contributed by atoms with van der Waals surface area (Å²) in [6.45, 7) is 12.9. The molecule has 0 aliphatic carbocycles. The monoisotopic (exact) mass is 201 g/mol. The van der Waals surface area contributed by atoms with Gasteiger partial charge < -0.3 is 0 Å². The summed E-state index contributed by atoms with van der Waals surface area (Å²) in [4.78, 5) is 0. The highest BCUT2D eigenvalue weighted by molar-refractivity contribution is 7.03. The lowest BCUT2D eigenvalue weighted by molar-refractivity contribution is 0.398. The number of hydrogen-bond acceptors (Lipinski definition) is 2. The Kier molecular flexibility index (Phi) is 11.3. The molecule has 0 N–H and O–H groups in total. The molecule has 1 rings (SSSR count). The Morgan fingerprint density at radius 2 is 1.69 bits per heavy atom. The quantitative estimate of drug-likeness (QED) is 0.597. The van der Waals surface area contributed by atoms with Crippen LogP contribution in [0.1, 0.15) is 48.0 Å². The molecule has 0 radical (unpaired) electrons. The molecule has 0 saturated carbocycles. The molecule has 1 aromatic heterocycles. The lowest BCUT2D eigenvalue weighted by Crippen LogP contribution is -2.00. The molecule has 0 atom stereocenters. The van der Waals surface area contributed by atoms with Crippen molar-refractivity contribution in [2.45, 2.75) is 48.0 Å². The van der Waals surface area contributed by atoms with Gasteiger partial charge in [-0.3, -0.25) is 0 Å². The second kappa shape index (κ2) is 9.72. The predicted octanol–water partition coefficient (Wildman–Crippen LogP) is 4.61. The molecule has 1 aromatic rings. The average molecular weight is 201 g/mol. The van der Waals surface area contributed by atoms with E-state index in [1.165, 1.54) is 18.0 Å². The van der Waals surface area contributed by atoms with E-state index in [1.807, 2.05) is 25.3 Å². The zero-order valence-electron chi connectivity index (χ0n) is 9.79. The van der Waals surface area contributed by atoms with Crippen molar-refractivity contribution in [2.75, 3.05) is 0 Å². The van der Waals surface area contributed by atoms with Crippen molar-refractivity contribution in [1.82, 2.24) is 4.37 Å². The highest BCUT2D eigenvalue weighted by Crippen LogP contribution is 2.16. The second-order valence-electron chi connectivity index (χ2n) is 3.60. The van der Waals surface area contributed by atoms with Crippen molar-refractivity contribution in [2.24, 2.45) is 5.41 Å². The maximum absolute atomic E-state index is 3.76. The standard InChI is InChI=1S/C6H14.C3H3NS.C2H6/c1-5-6(2,3)4;1-2-4-5-3-1;1-2/h5H2,1-4H3;1-3H;1-2H3. The minimum absolute atomic E-state index is 0.542. The molecule has 0 aliphatic rings. The normalized spacial score (nSPS) is 9.08. The molecule has 13 heavy (non-hydrogen) atoms. The van der Waals surface area contributed by atoms with E-state index >= 15 is 0 Å². The number of rotatable bonds is 0. The second-order valence-corrected chi connectivity index (χ2v) is 4.30. The number of nitrogens with zero attached hydrogens (tertiary/aromatic N) is 1. The third-order valence-corrected chi connectivity index (χ3v) is 1.93. The van der Waals surface area contributed by atoms with E-state index in [1.54, 1.807) is 6.20 Å². The van der Waals surface area contributed by atoms with Crippen molar-refractivity contribution in [1.29, 1.82) is 0 Å². The van der Waals surface area contributed by atoms with E-state index in [0.29, 0.717) is 5.41 Å². The van der Waals surface area contributed by atoms with Gasteiger partial charge in [0.25, 0.3) is 0 Å². The maximum Gasteiger partial charge on any atom is 0.0406 e. The Labute approximate surface area is 87.4 Å². The van der Waals surface area contributed by atoms with Crippen LogP contribution >= 0.6 is 11.5 Å². The van der Waals surface area contributed by atoms with Crippen molar-refractivity contribution in [3.63, 3.8) is 0 Å². The molecule has 0 bridgehead atoms. The first kappa shape index (κ1) is 15.1. The van der Waals surface area contributed by atoms with Crippen molar-refractivity contribution < 1.29 is 0 Å². The van der Waals surface area contributed by atoms with Crippen LogP contribution in [0.25, 0.3) is 0 Å². The Hall–Kier alpha value is -0.370. The summed E-state index contributed by atoms with van der Waals surface area (Å²) in [5, 5.41) is 1.93. The fourth-order valence-corrected chi connectivity index (χ4v) is 0.527. The van der Waals surface area contributed by atoms with E-state index in [4.69, 9.17) is 0 Å². The Bertz CT molecular complexity index is 134. The van der Waals surface area contributed by atoms with Gasteiger partial charge >= 0.3 is 0 Å². The molecule has 1 nitrogen and oxygen atoms in total. The maximum atomic E-state index is 3.76. The molecule has 1 heterocycles. The molecular formula is C11H23NS. The first-order valence-corrected chi connectivity index (χ1v) is 5.74. The van der Waals surface area contributed by atoms with Crippen LogP contribution < -0.4 is 0 Å². The minimum Gasteiger partial charge on any atom is -0.201 e. The van der Waals surface area contributed by atoms with Gasteiger partial charge in [0.15, 0.2) is 0 Å². The van der Waals surface area contributed by atoms with Gasteiger partial charge in [-0.1, -0.05) is 48.0 Å². The van der Waals surface area contributed by atoms with E-state index < -0.39 is 0 Å². The molecule has 0 fully saturated rings. The largest absolute Gasteiger partial charge is 0.201 e. The summed E-state index contributed by atoms with van der Waals surface area (Å²) in [6, 6.07) is 1.91. The smallest absolute Gasteiger partial charge is 0.0406 e. The van der Waals surface area contributed by atoms with E-state index in [2.05, 4.69) is 32.1 Å². The molecule has 0 unspecified atom stereocenters. The molecule has 0 aromatic carbocycles. The minimum atomic E-state index is 0.542. The SMILES string of the molecule is CC.CCC(C)(C)C.c1cnsc1. The third-order valence-electron chi connectivity index (χ3n) is 1.41. The molecule has 78 valence electrons. The third kappa shape index (κ3) is 18.5. The van der Waals surface area contributed by atoms with E-state index in [9.17, 15) is 0 Å². The Morgan fingerprint density at radius 3 is 1.77 bits per heavy atom. The van der Waals surface area contributed by atoms with Gasteiger partial charge in [0.1, 0.15) is 0 Å². The van der Waals surface area contributed by atoms with Gasteiger partial charge in [0, 0.05) is 11.6 Å². The Morgan fingerprint density at radius 1 is 1.23 bits per heavy atom. The predicted molar refractivity (Wildman–Crippen MR) is 63.2 cm³/mol. The highest BCUT2D eigenvalue weighted by Gasteiger charge is 2.03. The number of aromatic nitrogens is 1. The van der Waals surface area contributed by atoms with Crippen molar-refractivity contribution in [3.8, 4) is 0 Å². The Balaban J connectivity index is 0. The van der Waals surface area contributed by atoms with Gasteiger partial charge in [0.2, 0.25) is 0 Å². The first-order valence-electron chi connectivity index (χ1n) is 4.90. The van der Waals surface area contributed by atoms with Crippen LogP contribution in [0.5, 0.6) is 0 Å². The first-order chi connectivity index (χ1) is 6.06. The van der Waals surface area contributed by atoms with Gasteiger partial charge in [-0.2, -0.15) is 0 Å². The lowest BCUT2D eigenvalue weighted by Gasteiger charge is -2.12. The topological polar surface area (TPSA) is 12.9 Å². The van der Waals surface area contributed by atoms with Crippen LogP contribution in [0.3, 0.4) is 0 Å². The van der Waals surface area contributed by atoms with Crippen LogP contribution in [0.4, 0.5) is 0 Å². The highest BCUT2D eigenvalue weighted by atomic mass is 32.1. The fourth-order valence-electron chi connectivity index (χ4n) is 0.176. The van der Waals surface area contributed by atoms with Crippen LogP contribution in [-0.4, -0.2) is 4.37 Å². The summed E-state index contributed by atoms with van der Waals surface area (Å²) in [6.07, 6.45) is 3.04. The summed E-state index contributed by atoms with van der Waals surface area (Å²) in [5.41, 5.74) is 0.542. The lowest BCUT2D eigenvalue weighted by atomic mass is 9.94. The van der Waals surface area contributed by atoms with Crippen LogP contribution in [0, 0.1) is 5.41 Å². The number of hydrogen-bond donors (Lipinski definition) is 0. The van der Waals surface area contributed by atoms with Gasteiger partial charge in [-0.15, -0.1) is 0 Å². The average Bonchev–Trinajstić information content (AvgIpc) is 2.64. The fraction of sp³-hybridized carbons (Fsp3) is 0.727. The molecule has 0 saturated heterocycles. The zero-order chi connectivity index (χ0) is 10.7. The van der Waals surface area contributed by atoms with Gasteiger partial charge in [-0.05, 0) is 23.0 Å². The van der Waals surface area contributed by atoms with Gasteiger partial charge in [0.05, 0.1) is 0 Å². The van der Waals surface area contributed by atoms with E-state index in [0.717, 1.165) is 0 Å². The van der Waals surface area contributed by atoms with Crippen LogP contribution in [0.2, 0.25) is 0 Å². The van der Waals surface area contributed by atoms with Crippen LogP contribution in [-0.2, 0) is 0 Å². The molecular weight excluding hydrogens is 178 g/mol. The van der Waals surface area contributed by atoms with Crippen molar-refractivity contribution >= 4 is 11.5 Å². The summed E-state index contributed by atoms with van der Waals surface area (Å²) in [5.74, 6) is 0. The summed E-state index contributed by atoms with van der Waals surface area (Å²) < 4.78 is 3.76. The van der Waals surface area contributed by atoms with Crippen LogP contribution in [0.15, 0.2) is 17.6 Å². The van der Waals surface area contributed by atoms with Gasteiger partial charge in [-0.25, -0.2) is 4.37 Å².